The first-order valence-electron chi connectivity index (χ1n) is 10.9. The zero-order valence-corrected chi connectivity index (χ0v) is 19.9. The molecule has 0 spiro atoms. The van der Waals surface area contributed by atoms with Gasteiger partial charge in [0, 0.05) is 12.2 Å². The molecule has 9 heteroatoms. The van der Waals surface area contributed by atoms with E-state index in [9.17, 15) is 4.79 Å². The van der Waals surface area contributed by atoms with E-state index in [0.717, 1.165) is 33.1 Å². The molecular formula is C25H24N6O2S. The van der Waals surface area contributed by atoms with Crippen LogP contribution in [0.15, 0.2) is 66.3 Å². The lowest BCUT2D eigenvalue weighted by molar-refractivity contribution is 0.0952. The lowest BCUT2D eigenvalue weighted by Gasteiger charge is -2.10. The van der Waals surface area contributed by atoms with E-state index in [1.807, 2.05) is 78.6 Å². The normalized spacial score (nSPS) is 11.3. The Morgan fingerprint density at radius 3 is 2.71 bits per heavy atom. The molecule has 1 amide bonds. The number of rotatable bonds is 7. The summed E-state index contributed by atoms with van der Waals surface area (Å²) in [5, 5.41) is 14.8. The minimum atomic E-state index is -0.187. The van der Waals surface area contributed by atoms with Crippen LogP contribution in [0, 0.1) is 0 Å². The minimum absolute atomic E-state index is 0.126. The Bertz CT molecular complexity index is 1430. The Kier molecular flexibility index (Phi) is 5.85. The van der Waals surface area contributed by atoms with Gasteiger partial charge in [0.15, 0.2) is 5.65 Å². The van der Waals surface area contributed by atoms with E-state index in [0.29, 0.717) is 17.8 Å². The molecule has 0 radical (unpaired) electrons. The van der Waals surface area contributed by atoms with Gasteiger partial charge in [-0.15, -0.1) is 11.3 Å². The molecule has 172 valence electrons. The van der Waals surface area contributed by atoms with Crippen molar-refractivity contribution in [3.8, 4) is 22.0 Å². The van der Waals surface area contributed by atoms with Crippen molar-refractivity contribution in [2.45, 2.75) is 26.4 Å². The maximum Gasteiger partial charge on any atom is 0.252 e. The number of ether oxygens (including phenoxy) is 1. The van der Waals surface area contributed by atoms with E-state index in [-0.39, 0.29) is 11.9 Å². The van der Waals surface area contributed by atoms with Crippen LogP contribution in [0.5, 0.6) is 5.75 Å². The number of thiophene rings is 1. The van der Waals surface area contributed by atoms with Crippen LogP contribution >= 0.6 is 11.3 Å². The monoisotopic (exact) mass is 472 g/mol. The van der Waals surface area contributed by atoms with Crippen molar-refractivity contribution in [1.82, 2.24) is 29.9 Å². The second-order valence-electron chi connectivity index (χ2n) is 8.08. The molecule has 0 aliphatic rings. The van der Waals surface area contributed by atoms with E-state index in [4.69, 9.17) is 9.72 Å². The quantitative estimate of drug-likeness (QED) is 0.365. The van der Waals surface area contributed by atoms with Gasteiger partial charge >= 0.3 is 0 Å². The Labute approximate surface area is 200 Å². The third-order valence-corrected chi connectivity index (χ3v) is 6.38. The fourth-order valence-corrected chi connectivity index (χ4v) is 4.42. The van der Waals surface area contributed by atoms with Crippen LogP contribution in [0.3, 0.4) is 0 Å². The number of carbonyl (C=O) groups excluding carboxylic acids is 1. The van der Waals surface area contributed by atoms with Crippen molar-refractivity contribution in [3.63, 3.8) is 0 Å². The number of nitrogens with one attached hydrogen (secondary N) is 1. The zero-order chi connectivity index (χ0) is 23.7. The van der Waals surface area contributed by atoms with Crippen molar-refractivity contribution in [3.05, 3.63) is 77.6 Å². The van der Waals surface area contributed by atoms with Crippen molar-refractivity contribution in [1.29, 1.82) is 0 Å². The van der Waals surface area contributed by atoms with Crippen LogP contribution in [0.4, 0.5) is 0 Å². The lowest BCUT2D eigenvalue weighted by Crippen LogP contribution is -2.23. The number of methoxy groups -OCH3 is 1. The van der Waals surface area contributed by atoms with Crippen molar-refractivity contribution >= 4 is 28.3 Å². The van der Waals surface area contributed by atoms with Gasteiger partial charge in [-0.3, -0.25) is 4.79 Å². The highest BCUT2D eigenvalue weighted by Crippen LogP contribution is 2.29. The zero-order valence-electron chi connectivity index (χ0n) is 19.1. The van der Waals surface area contributed by atoms with Crippen molar-refractivity contribution < 1.29 is 9.53 Å². The van der Waals surface area contributed by atoms with Crippen LogP contribution in [0.2, 0.25) is 0 Å². The number of pyridine rings is 1. The molecule has 0 atom stereocenters. The van der Waals surface area contributed by atoms with E-state index >= 15 is 0 Å². The molecule has 0 saturated carbocycles. The predicted octanol–water partition coefficient (Wildman–Crippen LogP) is 4.87. The summed E-state index contributed by atoms with van der Waals surface area (Å²) >= 11 is 1.59. The average molecular weight is 473 g/mol. The summed E-state index contributed by atoms with van der Waals surface area (Å²) in [6.07, 6.45) is 3.59. The first kappa shape index (κ1) is 21.8. The summed E-state index contributed by atoms with van der Waals surface area (Å²) in [5.74, 6) is 0.599. The lowest BCUT2D eigenvalue weighted by atomic mass is 10.1. The van der Waals surface area contributed by atoms with E-state index in [1.54, 1.807) is 29.3 Å². The SMILES string of the molecule is COc1ccc(-n2ccc(CNC(=O)c3cc(-c4cccs4)nc4c3cnn4C(C)C)n2)cc1. The van der Waals surface area contributed by atoms with E-state index in [2.05, 4.69) is 15.5 Å². The molecule has 4 heterocycles. The highest BCUT2D eigenvalue weighted by Gasteiger charge is 2.19. The van der Waals surface area contributed by atoms with Gasteiger partial charge in [-0.1, -0.05) is 6.07 Å². The number of hydrogen-bond donors (Lipinski definition) is 1. The maximum atomic E-state index is 13.3. The Hall–Kier alpha value is -3.98. The highest BCUT2D eigenvalue weighted by molar-refractivity contribution is 7.13. The van der Waals surface area contributed by atoms with Crippen LogP contribution in [0.1, 0.15) is 35.9 Å². The van der Waals surface area contributed by atoms with Gasteiger partial charge < -0.3 is 10.1 Å². The second kappa shape index (κ2) is 9.11. The molecule has 34 heavy (non-hydrogen) atoms. The highest BCUT2D eigenvalue weighted by atomic mass is 32.1. The predicted molar refractivity (Wildman–Crippen MR) is 133 cm³/mol. The first-order chi connectivity index (χ1) is 16.5. The van der Waals surface area contributed by atoms with Crippen LogP contribution in [-0.4, -0.2) is 37.6 Å². The number of fused-ring (bicyclic) bond motifs is 1. The third kappa shape index (κ3) is 4.17. The number of benzene rings is 1. The molecule has 0 aliphatic carbocycles. The first-order valence-corrected chi connectivity index (χ1v) is 11.8. The van der Waals surface area contributed by atoms with Crippen molar-refractivity contribution in [2.75, 3.05) is 7.11 Å². The van der Waals surface area contributed by atoms with Gasteiger partial charge in [-0.05, 0) is 61.7 Å². The molecule has 1 N–H and O–H groups in total. The molecule has 1 aromatic carbocycles. The number of nitrogens with zero attached hydrogens (tertiary/aromatic N) is 5. The van der Waals surface area contributed by atoms with Gasteiger partial charge in [0.1, 0.15) is 5.75 Å². The summed E-state index contributed by atoms with van der Waals surface area (Å²) in [5.41, 5.74) is 3.69. The number of carbonyl (C=O) groups is 1. The molecule has 8 nitrogen and oxygen atoms in total. The number of aromatic nitrogens is 5. The largest absolute Gasteiger partial charge is 0.497 e. The topological polar surface area (TPSA) is 86.9 Å². The molecule has 5 aromatic rings. The molecule has 0 fully saturated rings. The summed E-state index contributed by atoms with van der Waals surface area (Å²) in [6.45, 7) is 4.40. The molecule has 0 unspecified atom stereocenters. The van der Waals surface area contributed by atoms with Crippen molar-refractivity contribution in [2.24, 2.45) is 0 Å². The fraction of sp³-hybridized carbons (Fsp3) is 0.200. The van der Waals surface area contributed by atoms with Crippen LogP contribution in [0.25, 0.3) is 27.3 Å². The minimum Gasteiger partial charge on any atom is -0.497 e. The standard InChI is InChI=1S/C25H24N6O2S/c1-16(2)31-24-21(15-27-31)20(13-22(28-24)23-5-4-12-34-23)25(32)26-14-17-10-11-30(29-17)18-6-8-19(33-3)9-7-18/h4-13,15-16H,14H2,1-3H3,(H,26,32). The van der Waals surface area contributed by atoms with Crippen LogP contribution < -0.4 is 10.1 Å². The van der Waals surface area contributed by atoms with Gasteiger partial charge in [-0.2, -0.15) is 10.2 Å². The second-order valence-corrected chi connectivity index (χ2v) is 9.03. The Morgan fingerprint density at radius 2 is 2.00 bits per heavy atom. The van der Waals surface area contributed by atoms with Gasteiger partial charge in [-0.25, -0.2) is 14.3 Å². The molecule has 5 rings (SSSR count). The van der Waals surface area contributed by atoms with Gasteiger partial charge in [0.2, 0.25) is 0 Å². The maximum absolute atomic E-state index is 13.3. The Morgan fingerprint density at radius 1 is 1.18 bits per heavy atom. The molecule has 4 aromatic heterocycles. The summed E-state index contributed by atoms with van der Waals surface area (Å²) in [7, 11) is 1.64. The summed E-state index contributed by atoms with van der Waals surface area (Å²) < 4.78 is 8.83. The summed E-state index contributed by atoms with van der Waals surface area (Å²) in [6, 6.07) is 15.5. The van der Waals surface area contributed by atoms with Crippen LogP contribution in [-0.2, 0) is 6.54 Å². The Balaban J connectivity index is 1.40. The number of amides is 1. The molecule has 0 bridgehead atoms. The van der Waals surface area contributed by atoms with E-state index < -0.39 is 0 Å². The average Bonchev–Trinajstić information content (AvgIpc) is 3.62. The van der Waals surface area contributed by atoms with Gasteiger partial charge in [0.05, 0.1) is 52.8 Å². The molecule has 0 saturated heterocycles. The summed E-state index contributed by atoms with van der Waals surface area (Å²) in [4.78, 5) is 19.1. The number of hydrogen-bond acceptors (Lipinski definition) is 6. The smallest absolute Gasteiger partial charge is 0.252 e. The van der Waals surface area contributed by atoms with E-state index in [1.165, 1.54) is 0 Å². The van der Waals surface area contributed by atoms with Gasteiger partial charge in [0.25, 0.3) is 5.91 Å². The fourth-order valence-electron chi connectivity index (χ4n) is 3.74. The third-order valence-electron chi connectivity index (χ3n) is 5.49. The molecular weight excluding hydrogens is 448 g/mol. The molecule has 0 aliphatic heterocycles.